The summed E-state index contributed by atoms with van der Waals surface area (Å²) in [6.07, 6.45) is 2.13. The number of fused-ring (bicyclic) bond motifs is 2. The normalized spacial score (nSPS) is 12.2. The van der Waals surface area contributed by atoms with E-state index in [2.05, 4.69) is 10.3 Å². The van der Waals surface area contributed by atoms with E-state index >= 15 is 0 Å². The van der Waals surface area contributed by atoms with Gasteiger partial charge in [0.1, 0.15) is 0 Å². The number of nitrogens with zero attached hydrogens (tertiary/aromatic N) is 2. The smallest absolute Gasteiger partial charge is 0.261 e. The highest BCUT2D eigenvalue weighted by atomic mass is 16.7. The highest BCUT2D eigenvalue weighted by Gasteiger charge is 2.20. The van der Waals surface area contributed by atoms with Crippen LogP contribution in [-0.4, -0.2) is 28.0 Å². The number of aryl methyl sites for hydroxylation is 1. The Morgan fingerprint density at radius 2 is 1.93 bits per heavy atom. The topological polar surface area (TPSA) is 99.5 Å². The predicted octanol–water partition coefficient (Wildman–Crippen LogP) is 2.75. The van der Waals surface area contributed by atoms with Crippen LogP contribution in [0.15, 0.2) is 47.5 Å². The van der Waals surface area contributed by atoms with Gasteiger partial charge in [0.25, 0.3) is 5.56 Å². The van der Waals surface area contributed by atoms with Crippen molar-refractivity contribution in [2.45, 2.75) is 26.3 Å². The van der Waals surface area contributed by atoms with Crippen LogP contribution in [0.25, 0.3) is 10.9 Å². The van der Waals surface area contributed by atoms with Gasteiger partial charge in [0.2, 0.25) is 12.7 Å². The molecule has 3 aromatic rings. The largest absolute Gasteiger partial charge is 0.454 e. The number of aromatic nitrogens is 2. The van der Waals surface area contributed by atoms with Gasteiger partial charge in [-0.05, 0) is 31.5 Å². The summed E-state index contributed by atoms with van der Waals surface area (Å²) in [7, 11) is 0. The number of benzene rings is 2. The van der Waals surface area contributed by atoms with Gasteiger partial charge >= 0.3 is 0 Å². The Morgan fingerprint density at radius 1 is 1.17 bits per heavy atom. The molecule has 0 fully saturated rings. The third-order valence-electron chi connectivity index (χ3n) is 4.70. The summed E-state index contributed by atoms with van der Waals surface area (Å²) in [5, 5.41) is 3.30. The van der Waals surface area contributed by atoms with Crippen molar-refractivity contribution in [1.82, 2.24) is 9.55 Å². The fraction of sp³-hybridized carbons (Fsp3) is 0.238. The van der Waals surface area contributed by atoms with Gasteiger partial charge in [0.15, 0.2) is 17.3 Å². The zero-order valence-corrected chi connectivity index (χ0v) is 15.8. The number of hydrogen-bond acceptors (Lipinski definition) is 6. The van der Waals surface area contributed by atoms with Gasteiger partial charge in [0.05, 0.1) is 22.9 Å². The first kappa shape index (κ1) is 18.7. The molecule has 1 aliphatic heterocycles. The minimum absolute atomic E-state index is 0.0820. The van der Waals surface area contributed by atoms with Gasteiger partial charge in [-0.1, -0.05) is 12.1 Å². The Hall–Kier alpha value is -3.68. The van der Waals surface area contributed by atoms with Crippen molar-refractivity contribution >= 4 is 28.3 Å². The molecule has 0 atom stereocenters. The number of rotatable bonds is 6. The maximum Gasteiger partial charge on any atom is 0.261 e. The maximum atomic E-state index is 12.5. The summed E-state index contributed by atoms with van der Waals surface area (Å²) in [4.78, 5) is 41.0. The number of para-hydroxylation sites is 1. The summed E-state index contributed by atoms with van der Waals surface area (Å²) in [5.74, 6) is 0.524. The van der Waals surface area contributed by atoms with Gasteiger partial charge in [-0.3, -0.25) is 19.0 Å². The summed E-state index contributed by atoms with van der Waals surface area (Å²) < 4.78 is 12.1. The molecular formula is C21H19N3O5. The molecular weight excluding hydrogens is 374 g/mol. The Balaban J connectivity index is 1.42. The molecule has 1 aromatic heterocycles. The Bertz CT molecular complexity index is 1170. The Kier molecular flexibility index (Phi) is 4.99. The molecule has 1 amide bonds. The second kappa shape index (κ2) is 7.75. The molecule has 8 heteroatoms. The lowest BCUT2D eigenvalue weighted by molar-refractivity contribution is -0.116. The number of nitrogens with one attached hydrogen (secondary N) is 1. The molecule has 29 heavy (non-hydrogen) atoms. The number of ether oxygens (including phenoxy) is 2. The third-order valence-corrected chi connectivity index (χ3v) is 4.70. The first-order valence-electron chi connectivity index (χ1n) is 9.21. The lowest BCUT2D eigenvalue weighted by atomic mass is 10.1. The van der Waals surface area contributed by atoms with Crippen LogP contribution in [-0.2, 0) is 11.3 Å². The molecule has 0 radical (unpaired) electrons. The van der Waals surface area contributed by atoms with E-state index in [1.165, 1.54) is 17.8 Å². The lowest BCUT2D eigenvalue weighted by Gasteiger charge is -2.11. The molecule has 4 rings (SSSR count). The van der Waals surface area contributed by atoms with Crippen molar-refractivity contribution in [3.63, 3.8) is 0 Å². The van der Waals surface area contributed by atoms with Crippen molar-refractivity contribution in [3.8, 4) is 11.5 Å². The van der Waals surface area contributed by atoms with Crippen molar-refractivity contribution in [2.75, 3.05) is 12.1 Å². The van der Waals surface area contributed by atoms with E-state index in [9.17, 15) is 14.4 Å². The average molecular weight is 393 g/mol. The highest BCUT2D eigenvalue weighted by Crippen LogP contribution is 2.37. The SMILES string of the molecule is CC(=O)c1cc2c(cc1NC(=O)CCCn1cnc3ccccc3c1=O)OCO2. The Labute approximate surface area is 166 Å². The lowest BCUT2D eigenvalue weighted by Crippen LogP contribution is -2.22. The molecule has 0 unspecified atom stereocenters. The van der Waals surface area contributed by atoms with Crippen LogP contribution in [0.3, 0.4) is 0 Å². The molecule has 0 saturated carbocycles. The van der Waals surface area contributed by atoms with Crippen LogP contribution in [0.5, 0.6) is 11.5 Å². The minimum atomic E-state index is -0.256. The van der Waals surface area contributed by atoms with E-state index < -0.39 is 0 Å². The fourth-order valence-corrected chi connectivity index (χ4v) is 3.22. The molecule has 1 aliphatic rings. The van der Waals surface area contributed by atoms with Gasteiger partial charge in [-0.2, -0.15) is 0 Å². The maximum absolute atomic E-state index is 12.5. The molecule has 0 spiro atoms. The Morgan fingerprint density at radius 3 is 2.72 bits per heavy atom. The summed E-state index contributed by atoms with van der Waals surface area (Å²) in [5.41, 5.74) is 1.26. The second-order valence-electron chi connectivity index (χ2n) is 6.72. The summed E-state index contributed by atoms with van der Waals surface area (Å²) >= 11 is 0. The molecule has 148 valence electrons. The average Bonchev–Trinajstić information content (AvgIpc) is 3.16. The number of Topliss-reactive ketones (excluding diaryl/α,β-unsaturated/α-hetero) is 1. The van der Waals surface area contributed by atoms with Crippen molar-refractivity contribution in [1.29, 1.82) is 0 Å². The van der Waals surface area contributed by atoms with Crippen molar-refractivity contribution < 1.29 is 19.1 Å². The van der Waals surface area contributed by atoms with Gasteiger partial charge < -0.3 is 14.8 Å². The number of carbonyl (C=O) groups is 2. The number of anilines is 1. The van der Waals surface area contributed by atoms with E-state index in [4.69, 9.17) is 9.47 Å². The fourth-order valence-electron chi connectivity index (χ4n) is 3.22. The quantitative estimate of drug-likeness (QED) is 0.647. The van der Waals surface area contributed by atoms with Crippen molar-refractivity contribution in [3.05, 3.63) is 58.6 Å². The minimum Gasteiger partial charge on any atom is -0.454 e. The van der Waals surface area contributed by atoms with Crippen molar-refractivity contribution in [2.24, 2.45) is 0 Å². The first-order chi connectivity index (χ1) is 14.0. The first-order valence-corrected chi connectivity index (χ1v) is 9.21. The van der Waals surface area contributed by atoms with Crippen LogP contribution < -0.4 is 20.3 Å². The molecule has 1 N–H and O–H groups in total. The monoisotopic (exact) mass is 393 g/mol. The van der Waals surface area contributed by atoms with Gasteiger partial charge in [0, 0.05) is 24.6 Å². The molecule has 2 heterocycles. The van der Waals surface area contributed by atoms with Gasteiger partial charge in [-0.15, -0.1) is 0 Å². The molecule has 0 bridgehead atoms. The molecule has 0 saturated heterocycles. The summed E-state index contributed by atoms with van der Waals surface area (Å²) in [6.45, 7) is 1.87. The highest BCUT2D eigenvalue weighted by molar-refractivity contribution is 6.04. The number of hydrogen-bond donors (Lipinski definition) is 1. The van der Waals surface area contributed by atoms with E-state index in [1.54, 1.807) is 30.3 Å². The van der Waals surface area contributed by atoms with E-state index in [1.807, 2.05) is 6.07 Å². The second-order valence-corrected chi connectivity index (χ2v) is 6.72. The molecule has 8 nitrogen and oxygen atoms in total. The molecule has 2 aromatic carbocycles. The van der Waals surface area contributed by atoms with Crippen LogP contribution >= 0.6 is 0 Å². The summed E-state index contributed by atoms with van der Waals surface area (Å²) in [6, 6.07) is 10.3. The standard InChI is InChI=1S/C21H19N3O5/c1-13(25)15-9-18-19(29-12-28-18)10-17(15)23-20(26)7-4-8-24-11-22-16-6-3-2-5-14(16)21(24)27/h2-3,5-6,9-11H,4,7-8,12H2,1H3,(H,23,26). The van der Waals surface area contributed by atoms with Crippen LogP contribution in [0.1, 0.15) is 30.1 Å². The van der Waals surface area contributed by atoms with Crippen LogP contribution in [0, 0.1) is 0 Å². The number of ketones is 1. The van der Waals surface area contributed by atoms with Crippen LogP contribution in [0.2, 0.25) is 0 Å². The number of amides is 1. The zero-order chi connectivity index (χ0) is 20.4. The number of carbonyl (C=O) groups excluding carboxylic acids is 2. The molecule has 0 aliphatic carbocycles. The van der Waals surface area contributed by atoms with E-state index in [-0.39, 0.29) is 30.5 Å². The third kappa shape index (κ3) is 3.82. The van der Waals surface area contributed by atoms with E-state index in [0.29, 0.717) is 46.6 Å². The predicted molar refractivity (Wildman–Crippen MR) is 106 cm³/mol. The van der Waals surface area contributed by atoms with Crippen LogP contribution in [0.4, 0.5) is 5.69 Å². The van der Waals surface area contributed by atoms with E-state index in [0.717, 1.165) is 0 Å². The zero-order valence-electron chi connectivity index (χ0n) is 15.8. The van der Waals surface area contributed by atoms with Gasteiger partial charge in [-0.25, -0.2) is 4.98 Å².